The molecule has 5 N–H and O–H groups in total. The minimum Gasteiger partial charge on any atom is -0.480 e. The summed E-state index contributed by atoms with van der Waals surface area (Å²) in [5.41, 5.74) is 1.45. The van der Waals surface area contributed by atoms with E-state index >= 15 is 0 Å². The molecule has 0 spiro atoms. The molecule has 29 heavy (non-hydrogen) atoms. The van der Waals surface area contributed by atoms with Crippen molar-refractivity contribution < 1.29 is 34.3 Å². The molecule has 2 aromatic carbocycles. The van der Waals surface area contributed by atoms with Crippen molar-refractivity contribution >= 4 is 36.2 Å². The van der Waals surface area contributed by atoms with Gasteiger partial charge in [-0.2, -0.15) is 0 Å². The van der Waals surface area contributed by atoms with Gasteiger partial charge < -0.3 is 30.5 Å². The smallest absolute Gasteiger partial charge is 0.480 e. The lowest BCUT2D eigenvalue weighted by molar-refractivity contribution is -0.139. The van der Waals surface area contributed by atoms with Crippen LogP contribution < -0.4 is 16.1 Å². The second kappa shape index (κ2) is 10.8. The van der Waals surface area contributed by atoms with Crippen LogP contribution in [0, 0.1) is 0 Å². The zero-order valence-electron chi connectivity index (χ0n) is 15.4. The van der Waals surface area contributed by atoms with Crippen LogP contribution in [-0.4, -0.2) is 46.3 Å². The van der Waals surface area contributed by atoms with Gasteiger partial charge >= 0.3 is 19.2 Å². The van der Waals surface area contributed by atoms with Crippen molar-refractivity contribution in [3.8, 4) is 0 Å². The van der Waals surface area contributed by atoms with Gasteiger partial charge in [0, 0.05) is 12.1 Å². The van der Waals surface area contributed by atoms with E-state index in [1.165, 1.54) is 24.3 Å². The highest BCUT2D eigenvalue weighted by atomic mass is 16.5. The van der Waals surface area contributed by atoms with E-state index in [0.717, 1.165) is 5.56 Å². The van der Waals surface area contributed by atoms with Crippen LogP contribution in [0.4, 0.5) is 10.5 Å². The largest absolute Gasteiger partial charge is 0.488 e. The molecule has 152 valence electrons. The zero-order valence-corrected chi connectivity index (χ0v) is 15.4. The number of rotatable bonds is 9. The molecule has 0 aliphatic carbocycles. The van der Waals surface area contributed by atoms with Crippen molar-refractivity contribution in [2.24, 2.45) is 0 Å². The van der Waals surface area contributed by atoms with E-state index in [0.29, 0.717) is 5.69 Å². The van der Waals surface area contributed by atoms with Gasteiger partial charge in [-0.05, 0) is 29.6 Å². The molecule has 0 heterocycles. The zero-order chi connectivity index (χ0) is 21.2. The summed E-state index contributed by atoms with van der Waals surface area (Å²) in [6, 6.07) is 13.5. The highest BCUT2D eigenvalue weighted by Crippen LogP contribution is 2.07. The minimum absolute atomic E-state index is 0.00195. The van der Waals surface area contributed by atoms with Crippen LogP contribution in [0.1, 0.15) is 18.4 Å². The number of carboxylic acid groups (broad SMARTS) is 1. The Morgan fingerprint density at radius 2 is 1.66 bits per heavy atom. The molecule has 2 rings (SSSR count). The molecule has 0 saturated carbocycles. The Hall–Kier alpha value is -3.37. The summed E-state index contributed by atoms with van der Waals surface area (Å²) in [5, 5.41) is 32.1. The maximum absolute atomic E-state index is 12.0. The van der Waals surface area contributed by atoms with E-state index in [1.807, 2.05) is 6.07 Å². The second-order valence-corrected chi connectivity index (χ2v) is 6.18. The van der Waals surface area contributed by atoms with Gasteiger partial charge in [0.25, 0.3) is 0 Å². The fourth-order valence-electron chi connectivity index (χ4n) is 2.40. The van der Waals surface area contributed by atoms with Gasteiger partial charge in [-0.15, -0.1) is 0 Å². The third-order valence-electron chi connectivity index (χ3n) is 3.96. The molecule has 10 heteroatoms. The molecule has 2 aromatic rings. The van der Waals surface area contributed by atoms with Gasteiger partial charge in [-0.3, -0.25) is 4.79 Å². The van der Waals surface area contributed by atoms with Gasteiger partial charge in [0.15, 0.2) is 0 Å². The molecule has 0 aromatic heterocycles. The van der Waals surface area contributed by atoms with E-state index in [4.69, 9.17) is 14.8 Å². The third-order valence-corrected chi connectivity index (χ3v) is 3.96. The highest BCUT2D eigenvalue weighted by molar-refractivity contribution is 6.58. The van der Waals surface area contributed by atoms with Crippen LogP contribution in [0.25, 0.3) is 0 Å². The molecule has 1 atom stereocenters. The minimum atomic E-state index is -1.61. The Labute approximate surface area is 167 Å². The van der Waals surface area contributed by atoms with Gasteiger partial charge in [0.1, 0.15) is 12.6 Å². The summed E-state index contributed by atoms with van der Waals surface area (Å²) >= 11 is 0. The number of benzene rings is 2. The van der Waals surface area contributed by atoms with Crippen molar-refractivity contribution in [3.05, 3.63) is 60.2 Å². The van der Waals surface area contributed by atoms with Gasteiger partial charge in [-0.25, -0.2) is 9.59 Å². The van der Waals surface area contributed by atoms with E-state index in [9.17, 15) is 19.5 Å². The average Bonchev–Trinajstić information content (AvgIpc) is 2.70. The fraction of sp³-hybridized carbons (Fsp3) is 0.211. The lowest BCUT2D eigenvalue weighted by Gasteiger charge is -2.14. The first kappa shape index (κ1) is 21.9. The molecule has 0 aliphatic heterocycles. The molecule has 9 nitrogen and oxygen atoms in total. The number of alkyl carbamates (subject to hydrolysis) is 1. The first-order valence-corrected chi connectivity index (χ1v) is 8.81. The Kier molecular flexibility index (Phi) is 8.19. The lowest BCUT2D eigenvalue weighted by atomic mass is 9.80. The van der Waals surface area contributed by atoms with E-state index in [2.05, 4.69) is 10.6 Å². The lowest BCUT2D eigenvalue weighted by Crippen LogP contribution is -2.41. The SMILES string of the molecule is O=C(CC[C@H](NC(=O)OCc1ccccc1)C(=O)O)Nc1ccc(B(O)O)cc1. The fourth-order valence-corrected chi connectivity index (χ4v) is 2.40. The van der Waals surface area contributed by atoms with Gasteiger partial charge in [0.05, 0.1) is 0 Å². The van der Waals surface area contributed by atoms with Crippen molar-refractivity contribution in [1.29, 1.82) is 0 Å². The maximum atomic E-state index is 12.0. The Morgan fingerprint density at radius 1 is 1.00 bits per heavy atom. The van der Waals surface area contributed by atoms with Crippen LogP contribution in [-0.2, 0) is 20.9 Å². The third kappa shape index (κ3) is 7.64. The van der Waals surface area contributed by atoms with Gasteiger partial charge in [0.2, 0.25) is 5.91 Å². The Balaban J connectivity index is 1.79. The van der Waals surface area contributed by atoms with Crippen molar-refractivity contribution in [2.45, 2.75) is 25.5 Å². The normalized spacial score (nSPS) is 11.2. The summed E-state index contributed by atoms with van der Waals surface area (Å²) < 4.78 is 4.99. The Morgan fingerprint density at radius 3 is 2.24 bits per heavy atom. The molecule has 0 unspecified atom stereocenters. The monoisotopic (exact) mass is 400 g/mol. The summed E-state index contributed by atoms with van der Waals surface area (Å²) in [6.07, 6.45) is -1.17. The van der Waals surface area contributed by atoms with Gasteiger partial charge in [-0.1, -0.05) is 42.5 Å². The van der Waals surface area contributed by atoms with Crippen molar-refractivity contribution in [3.63, 3.8) is 0 Å². The molecule has 0 fully saturated rings. The topological polar surface area (TPSA) is 145 Å². The maximum Gasteiger partial charge on any atom is 0.488 e. The van der Waals surface area contributed by atoms with Crippen LogP contribution in [0.5, 0.6) is 0 Å². The van der Waals surface area contributed by atoms with Crippen LogP contribution in [0.2, 0.25) is 0 Å². The predicted octanol–water partition coefficient (Wildman–Crippen LogP) is 0.465. The summed E-state index contributed by atoms with van der Waals surface area (Å²) in [5.74, 6) is -1.73. The molecular weight excluding hydrogens is 379 g/mol. The number of hydrogen-bond donors (Lipinski definition) is 5. The first-order valence-electron chi connectivity index (χ1n) is 8.81. The number of carbonyl (C=O) groups excluding carboxylic acids is 2. The number of carboxylic acids is 1. The number of nitrogens with one attached hydrogen (secondary N) is 2. The molecule has 0 saturated heterocycles. The van der Waals surface area contributed by atoms with E-state index in [1.54, 1.807) is 24.3 Å². The molecule has 2 amide bonds. The number of ether oxygens (including phenoxy) is 1. The first-order chi connectivity index (χ1) is 13.8. The molecule has 0 bridgehead atoms. The van der Waals surface area contributed by atoms with Crippen molar-refractivity contribution in [2.75, 3.05) is 5.32 Å². The number of anilines is 1. The molecular formula is C19H21BN2O7. The van der Waals surface area contributed by atoms with E-state index < -0.39 is 31.1 Å². The Bertz CT molecular complexity index is 828. The summed E-state index contributed by atoms with van der Waals surface area (Å²) in [4.78, 5) is 35.2. The van der Waals surface area contributed by atoms with Crippen molar-refractivity contribution in [1.82, 2.24) is 5.32 Å². The van der Waals surface area contributed by atoms with E-state index in [-0.39, 0.29) is 24.9 Å². The van der Waals surface area contributed by atoms with Crippen LogP contribution in [0.3, 0.4) is 0 Å². The predicted molar refractivity (Wildman–Crippen MR) is 105 cm³/mol. The summed E-state index contributed by atoms with van der Waals surface area (Å²) in [7, 11) is -1.61. The molecule has 0 radical (unpaired) electrons. The van der Waals surface area contributed by atoms with Crippen LogP contribution >= 0.6 is 0 Å². The second-order valence-electron chi connectivity index (χ2n) is 6.18. The van der Waals surface area contributed by atoms with Crippen LogP contribution in [0.15, 0.2) is 54.6 Å². The quantitative estimate of drug-likeness (QED) is 0.385. The number of carbonyl (C=O) groups is 3. The standard InChI is InChI=1S/C19H21BN2O7/c23-17(21-15-8-6-14(7-9-15)20(27)28)11-10-16(18(24)25)22-19(26)29-12-13-4-2-1-3-5-13/h1-9,16,27-28H,10-12H2,(H,21,23)(H,22,26)(H,24,25)/t16-/m0/s1. The number of hydrogen-bond acceptors (Lipinski definition) is 6. The summed E-state index contributed by atoms with van der Waals surface area (Å²) in [6.45, 7) is -0.00195. The average molecular weight is 400 g/mol. The number of amides is 2. The number of aliphatic carboxylic acids is 1. The molecule has 0 aliphatic rings. The highest BCUT2D eigenvalue weighted by Gasteiger charge is 2.22.